The molecule has 3 aromatic heterocycles. The molecule has 0 aliphatic heterocycles. The molecule has 1 unspecified atom stereocenters. The Bertz CT molecular complexity index is 6120. The third-order valence-corrected chi connectivity index (χ3v) is 20.2. The van der Waals surface area contributed by atoms with E-state index < -0.39 is 6.81 Å². The third-order valence-electron chi connectivity index (χ3n) is 19.6. The standard InChI is InChI=1S/C56H38N2.C36H24N2.C2H8P2.CH3B3NP/c1-2-16-45(17-3-1)58-55-23-9-8-20-53(55)54-38-44(30-37-56(54)58)39-24-31-46(32-25-39)57(47-33-26-42(27-34-47)51-21-10-14-40-12-4-6-18-49(40)51)48-35-28-43(29-36-48)52-22-11-15-41-13-5-7-19-50(41)52;1-3-11-27(12-4-1)37-33-17-9-7-15-29(33)31-23-25(19-21-35(31)37)26-20-22-36-32(24-26)30-16-8-10-18-34(30)38(36)28-13-5-2-6-14-28;1-4(2)3;2-1-6(3,4)5/h1-38H;1-24H;3H2,1-2H3;5H,1H2. The Morgan fingerprint density at radius 2 is 0.538 bits per heavy atom. The van der Waals surface area contributed by atoms with E-state index in [-0.39, 0.29) is 6.06 Å². The Hall–Kier alpha value is -11.5. The first-order valence-corrected chi connectivity index (χ1v) is 41.6. The van der Waals surface area contributed by atoms with Crippen molar-refractivity contribution in [2.24, 2.45) is 0 Å². The molecule has 3 heterocycles. The Kier molecular flexibility index (Phi) is 19.7. The lowest BCUT2D eigenvalue weighted by atomic mass is 9.97. The molecule has 0 saturated carbocycles. The Morgan fingerprint density at radius 1 is 0.292 bits per heavy atom. The summed E-state index contributed by atoms with van der Waals surface area (Å²) in [6, 6.07) is 136. The van der Waals surface area contributed by atoms with Crippen LogP contribution in [0.2, 0.25) is 0 Å². The van der Waals surface area contributed by atoms with Gasteiger partial charge in [0.25, 0.3) is 0 Å². The monoisotopic (exact) mass is 1410 g/mol. The molecule has 6 radical (unpaired) electrons. The van der Waals surface area contributed by atoms with E-state index in [0.717, 1.165) is 17.1 Å². The topological polar surface area (TPSA) is 41.9 Å². The van der Waals surface area contributed by atoms with Crippen molar-refractivity contribution < 1.29 is 0 Å². The van der Waals surface area contributed by atoms with Gasteiger partial charge in [0.2, 0.25) is 0 Å². The molecule has 16 aromatic carbocycles. The van der Waals surface area contributed by atoms with E-state index in [9.17, 15) is 0 Å². The first kappa shape index (κ1) is 68.9. The number of rotatable bonds is 11. The Labute approximate surface area is 626 Å². The van der Waals surface area contributed by atoms with Gasteiger partial charge in [-0.1, -0.05) is 262 Å². The van der Waals surface area contributed by atoms with Crippen molar-refractivity contribution in [3.8, 4) is 61.6 Å². The highest BCUT2D eigenvalue weighted by Gasteiger charge is 2.20. The van der Waals surface area contributed by atoms with Gasteiger partial charge in [-0.3, -0.25) is 0 Å². The zero-order valence-electron chi connectivity index (χ0n) is 59.0. The van der Waals surface area contributed by atoms with Crippen molar-refractivity contribution in [3.05, 3.63) is 376 Å². The van der Waals surface area contributed by atoms with Crippen molar-refractivity contribution >= 4 is 150 Å². The Balaban J connectivity index is 0.000000154. The molecule has 1 atom stereocenters. The van der Waals surface area contributed by atoms with Crippen molar-refractivity contribution in [2.45, 2.75) is 0 Å². The molecule has 106 heavy (non-hydrogen) atoms. The van der Waals surface area contributed by atoms with Gasteiger partial charge in [0, 0.05) is 66.4 Å². The average molecular weight is 1410 g/mol. The van der Waals surface area contributed by atoms with Crippen LogP contribution in [0.1, 0.15) is 0 Å². The molecule has 19 rings (SSSR count). The number of nitrogens with one attached hydrogen (secondary N) is 1. The van der Waals surface area contributed by atoms with Gasteiger partial charge >= 0.3 is 0 Å². The second-order valence-corrected chi connectivity index (χ2v) is 34.1. The molecular formula is C95H73B3N5P3. The number of benzene rings is 16. The van der Waals surface area contributed by atoms with Crippen LogP contribution in [0.3, 0.4) is 0 Å². The number of aromatic nitrogens is 3. The van der Waals surface area contributed by atoms with E-state index in [0.29, 0.717) is 7.61 Å². The van der Waals surface area contributed by atoms with Gasteiger partial charge in [0.15, 0.2) is 0 Å². The van der Waals surface area contributed by atoms with Crippen LogP contribution in [0.5, 0.6) is 0 Å². The zero-order valence-corrected chi connectivity index (χ0v) is 61.9. The molecule has 0 aliphatic rings. The lowest BCUT2D eigenvalue weighted by Gasteiger charge is -2.26. The van der Waals surface area contributed by atoms with Gasteiger partial charge in [-0.15, -0.1) is 15.7 Å². The summed E-state index contributed by atoms with van der Waals surface area (Å²) in [4.78, 5) is 2.36. The molecule has 1 N–H and O–H groups in total. The van der Waals surface area contributed by atoms with Gasteiger partial charge < -0.3 is 23.8 Å². The minimum atomic E-state index is -2.37. The minimum Gasteiger partial charge on any atom is -0.339 e. The fraction of sp³-hybridized carbons (Fsp3) is 0.0316. The fourth-order valence-electron chi connectivity index (χ4n) is 14.8. The SMILES string of the molecule is CP(C)P.[B]CP([B])([B])=N.c1ccc(-n2c3ccccc3c3cc(-c4ccc(N(c5ccc(-c6cccc7ccccc67)cc5)c5ccc(-c6cccc7ccccc67)cc5)cc4)ccc32)cc1.c1ccc(-n2c3ccccc3c3cc(-c4ccc5c(c4)c4ccccc4n5-c4ccccc4)ccc32)cc1. The summed E-state index contributed by atoms with van der Waals surface area (Å²) in [6.45, 7) is 2.02. The molecule has 0 amide bonds. The maximum atomic E-state index is 6.72. The molecule has 0 bridgehead atoms. The first-order chi connectivity index (χ1) is 51.9. The van der Waals surface area contributed by atoms with Crippen LogP contribution >= 0.6 is 23.4 Å². The van der Waals surface area contributed by atoms with Crippen LogP contribution in [0.15, 0.2) is 376 Å². The predicted octanol–water partition coefficient (Wildman–Crippen LogP) is 26.7. The minimum absolute atomic E-state index is 0.104. The first-order valence-electron chi connectivity index (χ1n) is 35.6. The number of hydrogen-bond acceptors (Lipinski definition) is 2. The summed E-state index contributed by atoms with van der Waals surface area (Å²) in [5.41, 5.74) is 23.9. The number of para-hydroxylation sites is 6. The van der Waals surface area contributed by atoms with Crippen molar-refractivity contribution in [1.82, 2.24) is 13.7 Å². The van der Waals surface area contributed by atoms with E-state index in [1.807, 2.05) is 0 Å². The third kappa shape index (κ3) is 14.0. The normalized spacial score (nSPS) is 11.4. The maximum Gasteiger partial charge on any atom is 0.119 e. The average Bonchev–Trinajstić information content (AvgIpc) is 1.58. The quantitative estimate of drug-likeness (QED) is 0.102. The lowest BCUT2D eigenvalue weighted by molar-refractivity contribution is 1.18. The van der Waals surface area contributed by atoms with E-state index >= 15 is 0 Å². The van der Waals surface area contributed by atoms with E-state index in [4.69, 9.17) is 28.1 Å². The zero-order chi connectivity index (χ0) is 72.3. The van der Waals surface area contributed by atoms with Gasteiger partial charge in [-0.2, -0.15) is 0 Å². The number of anilines is 3. The molecular weight excluding hydrogens is 1340 g/mol. The maximum absolute atomic E-state index is 6.72. The van der Waals surface area contributed by atoms with Crippen LogP contribution < -0.4 is 4.90 Å². The molecule has 5 nitrogen and oxygen atoms in total. The number of fused-ring (bicyclic) bond motifs is 11. The summed E-state index contributed by atoms with van der Waals surface area (Å²) in [6.07, 6.45) is 0. The van der Waals surface area contributed by atoms with Crippen molar-refractivity contribution in [2.75, 3.05) is 24.3 Å². The summed E-state index contributed by atoms with van der Waals surface area (Å²) < 4.78 is 7.10. The Morgan fingerprint density at radius 3 is 0.858 bits per heavy atom. The van der Waals surface area contributed by atoms with Crippen LogP contribution in [0, 0.1) is 5.16 Å². The van der Waals surface area contributed by atoms with Gasteiger partial charge in [-0.25, -0.2) is 0 Å². The second-order valence-electron chi connectivity index (χ2n) is 26.9. The summed E-state index contributed by atoms with van der Waals surface area (Å²) >= 11 is 0. The highest BCUT2D eigenvalue weighted by molar-refractivity contribution is 8.12. The van der Waals surface area contributed by atoms with Crippen LogP contribution in [-0.2, 0) is 0 Å². The predicted molar refractivity (Wildman–Crippen MR) is 468 cm³/mol. The van der Waals surface area contributed by atoms with Crippen molar-refractivity contribution in [3.63, 3.8) is 0 Å². The van der Waals surface area contributed by atoms with E-state index in [1.54, 1.807) is 0 Å². The lowest BCUT2D eigenvalue weighted by Crippen LogP contribution is -2.09. The molecule has 0 saturated heterocycles. The molecule has 11 heteroatoms. The van der Waals surface area contributed by atoms with Gasteiger partial charge in [0.05, 0.1) is 40.9 Å². The van der Waals surface area contributed by atoms with E-state index in [1.165, 1.54) is 149 Å². The van der Waals surface area contributed by atoms with Crippen LogP contribution in [-0.4, -0.2) is 56.1 Å². The van der Waals surface area contributed by atoms with Gasteiger partial charge in [-0.05, 0) is 207 Å². The van der Waals surface area contributed by atoms with E-state index in [2.05, 4.69) is 417 Å². The van der Waals surface area contributed by atoms with Crippen LogP contribution in [0.4, 0.5) is 17.1 Å². The largest absolute Gasteiger partial charge is 0.339 e. The highest BCUT2D eigenvalue weighted by atomic mass is 32.0. The smallest absolute Gasteiger partial charge is 0.119 e. The highest BCUT2D eigenvalue weighted by Crippen LogP contribution is 2.43. The van der Waals surface area contributed by atoms with Crippen molar-refractivity contribution in [1.29, 1.82) is 5.16 Å². The number of hydrogen-bond donors (Lipinski definition) is 1. The molecule has 19 aromatic rings. The summed E-state index contributed by atoms with van der Waals surface area (Å²) in [5.74, 6) is 0. The second kappa shape index (κ2) is 30.3. The fourth-order valence-corrected chi connectivity index (χ4v) is 14.8. The summed E-state index contributed by atoms with van der Waals surface area (Å²) in [7, 11) is 17.9. The molecule has 0 fully saturated rings. The molecule has 0 aliphatic carbocycles. The molecule has 502 valence electrons. The van der Waals surface area contributed by atoms with Crippen LogP contribution in [0.25, 0.3) is 149 Å². The summed E-state index contributed by atoms with van der Waals surface area (Å²) in [5, 5.41) is 19.3. The molecule has 0 spiro atoms. The van der Waals surface area contributed by atoms with Gasteiger partial charge in [0.1, 0.15) is 15.1 Å². The number of nitrogens with zero attached hydrogens (tertiary/aromatic N) is 4.